The van der Waals surface area contributed by atoms with Crippen LogP contribution in [0.1, 0.15) is 37.7 Å². The highest BCUT2D eigenvalue weighted by Gasteiger charge is 2.30. The van der Waals surface area contributed by atoms with Crippen LogP contribution in [0.5, 0.6) is 0 Å². The lowest BCUT2D eigenvalue weighted by Gasteiger charge is -2.26. The number of carbonyl (C=O) groups is 2. The molecule has 2 aliphatic rings. The summed E-state index contributed by atoms with van der Waals surface area (Å²) in [6.45, 7) is 1.62. The van der Waals surface area contributed by atoms with E-state index in [9.17, 15) is 9.59 Å². The highest BCUT2D eigenvalue weighted by Crippen LogP contribution is 2.19. The lowest BCUT2D eigenvalue weighted by molar-refractivity contribution is -0.136. The number of rotatable bonds is 5. The van der Waals surface area contributed by atoms with Crippen molar-refractivity contribution in [2.75, 3.05) is 13.1 Å². The van der Waals surface area contributed by atoms with Gasteiger partial charge >= 0.3 is 0 Å². The minimum absolute atomic E-state index is 0.000323. The maximum Gasteiger partial charge on any atom is 0.245 e. The Balaban J connectivity index is 1.69. The fourth-order valence-corrected chi connectivity index (χ4v) is 3.53. The molecular weight excluding hydrogens is 300 g/mol. The number of nitrogens with one attached hydrogen (secondary N) is 1. The number of carbonyl (C=O) groups excluding carboxylic acids is 2. The first-order valence-electron chi connectivity index (χ1n) is 9.02. The summed E-state index contributed by atoms with van der Waals surface area (Å²) in [5, 5.41) is 3.05. The first-order chi connectivity index (χ1) is 11.7. The van der Waals surface area contributed by atoms with Crippen LogP contribution in [-0.2, 0) is 16.0 Å². The Labute approximate surface area is 143 Å². The molecule has 1 saturated heterocycles. The number of hydrogen-bond acceptors (Lipinski definition) is 2. The highest BCUT2D eigenvalue weighted by atomic mass is 16.2. The van der Waals surface area contributed by atoms with Gasteiger partial charge < -0.3 is 10.2 Å². The Morgan fingerprint density at radius 3 is 2.54 bits per heavy atom. The van der Waals surface area contributed by atoms with E-state index in [1.54, 1.807) is 0 Å². The fourth-order valence-electron chi connectivity index (χ4n) is 3.53. The SMILES string of the molecule is O=C(N[C@@H](Cc1ccccc1)C(=O)N1CCCC1)[C@H]1CC=CCC1. The van der Waals surface area contributed by atoms with Gasteiger partial charge in [0, 0.05) is 25.4 Å². The molecule has 1 heterocycles. The van der Waals surface area contributed by atoms with Crippen molar-refractivity contribution in [3.05, 3.63) is 48.0 Å². The van der Waals surface area contributed by atoms with Gasteiger partial charge in [0.25, 0.3) is 0 Å². The molecule has 0 unspecified atom stereocenters. The molecule has 128 valence electrons. The van der Waals surface area contributed by atoms with Crippen LogP contribution in [0.3, 0.4) is 0 Å². The lowest BCUT2D eigenvalue weighted by Crippen LogP contribution is -2.50. The summed E-state index contributed by atoms with van der Waals surface area (Å²) in [5.41, 5.74) is 1.08. The zero-order chi connectivity index (χ0) is 16.8. The largest absolute Gasteiger partial charge is 0.344 e. The van der Waals surface area contributed by atoms with E-state index < -0.39 is 6.04 Å². The summed E-state index contributed by atoms with van der Waals surface area (Å²) in [6.07, 6.45) is 9.48. The molecule has 4 heteroatoms. The molecule has 0 saturated carbocycles. The fraction of sp³-hybridized carbons (Fsp3) is 0.500. The predicted molar refractivity (Wildman–Crippen MR) is 94.4 cm³/mol. The Morgan fingerprint density at radius 2 is 1.88 bits per heavy atom. The second-order valence-electron chi connectivity index (χ2n) is 6.76. The second-order valence-corrected chi connectivity index (χ2v) is 6.76. The van der Waals surface area contributed by atoms with Crippen molar-refractivity contribution in [1.29, 1.82) is 0 Å². The molecule has 1 aliphatic carbocycles. The number of amides is 2. The molecule has 2 atom stereocenters. The predicted octanol–water partition coefficient (Wildman–Crippen LogP) is 2.69. The van der Waals surface area contributed by atoms with E-state index in [0.717, 1.165) is 50.8 Å². The number of likely N-dealkylation sites (tertiary alicyclic amines) is 1. The van der Waals surface area contributed by atoms with Crippen LogP contribution in [0.15, 0.2) is 42.5 Å². The summed E-state index contributed by atoms with van der Waals surface area (Å²) < 4.78 is 0. The minimum Gasteiger partial charge on any atom is -0.344 e. The van der Waals surface area contributed by atoms with E-state index in [-0.39, 0.29) is 17.7 Å². The Bertz CT molecular complexity index is 591. The number of allylic oxidation sites excluding steroid dienone is 2. The number of hydrogen-bond donors (Lipinski definition) is 1. The topological polar surface area (TPSA) is 49.4 Å². The summed E-state index contributed by atoms with van der Waals surface area (Å²) >= 11 is 0. The third kappa shape index (κ3) is 4.25. The zero-order valence-electron chi connectivity index (χ0n) is 14.1. The average molecular weight is 326 g/mol. The van der Waals surface area contributed by atoms with Crippen molar-refractivity contribution < 1.29 is 9.59 Å². The molecule has 0 bridgehead atoms. The van der Waals surface area contributed by atoms with Crippen LogP contribution >= 0.6 is 0 Å². The van der Waals surface area contributed by atoms with E-state index in [1.165, 1.54) is 0 Å². The van der Waals surface area contributed by atoms with Gasteiger partial charge in [-0.25, -0.2) is 0 Å². The highest BCUT2D eigenvalue weighted by molar-refractivity contribution is 5.89. The van der Waals surface area contributed by atoms with E-state index in [0.29, 0.717) is 6.42 Å². The molecule has 1 aliphatic heterocycles. The van der Waals surface area contributed by atoms with Crippen LogP contribution in [0.4, 0.5) is 0 Å². The number of nitrogens with zero attached hydrogens (tertiary/aromatic N) is 1. The Kier molecular flexibility index (Phi) is 5.68. The van der Waals surface area contributed by atoms with E-state index in [1.807, 2.05) is 35.2 Å². The normalized spacial score (nSPS) is 21.5. The monoisotopic (exact) mass is 326 g/mol. The van der Waals surface area contributed by atoms with Crippen molar-refractivity contribution >= 4 is 11.8 Å². The summed E-state index contributed by atoms with van der Waals surface area (Å²) in [4.78, 5) is 27.4. The standard InChI is InChI=1S/C20H26N2O2/c23-19(17-11-5-2-6-12-17)21-18(15-16-9-3-1-4-10-16)20(24)22-13-7-8-14-22/h1-5,9-10,17-18H,6-8,11-15H2,(H,21,23)/t17-,18-/m0/s1. The molecule has 4 nitrogen and oxygen atoms in total. The quantitative estimate of drug-likeness (QED) is 0.846. The van der Waals surface area contributed by atoms with Crippen molar-refractivity contribution in [2.24, 2.45) is 5.92 Å². The van der Waals surface area contributed by atoms with Crippen molar-refractivity contribution in [3.8, 4) is 0 Å². The van der Waals surface area contributed by atoms with Gasteiger partial charge in [-0.05, 0) is 37.7 Å². The Morgan fingerprint density at radius 1 is 1.12 bits per heavy atom. The third-order valence-electron chi connectivity index (χ3n) is 4.95. The van der Waals surface area contributed by atoms with Crippen LogP contribution in [-0.4, -0.2) is 35.8 Å². The van der Waals surface area contributed by atoms with Gasteiger partial charge in [0.1, 0.15) is 6.04 Å². The van der Waals surface area contributed by atoms with Crippen molar-refractivity contribution in [1.82, 2.24) is 10.2 Å². The summed E-state index contributed by atoms with van der Waals surface area (Å²) in [5.74, 6) is 0.0866. The van der Waals surface area contributed by atoms with Gasteiger partial charge in [0.05, 0.1) is 0 Å². The lowest BCUT2D eigenvalue weighted by atomic mass is 9.93. The van der Waals surface area contributed by atoms with Gasteiger partial charge in [0.15, 0.2) is 0 Å². The number of benzene rings is 1. The van der Waals surface area contributed by atoms with Gasteiger partial charge in [-0.3, -0.25) is 9.59 Å². The van der Waals surface area contributed by atoms with E-state index in [2.05, 4.69) is 17.5 Å². The maximum atomic E-state index is 12.9. The average Bonchev–Trinajstić information content (AvgIpc) is 3.17. The first kappa shape index (κ1) is 16.7. The van der Waals surface area contributed by atoms with Crippen LogP contribution < -0.4 is 5.32 Å². The van der Waals surface area contributed by atoms with Crippen LogP contribution in [0.25, 0.3) is 0 Å². The molecule has 1 fully saturated rings. The molecule has 0 spiro atoms. The van der Waals surface area contributed by atoms with Gasteiger partial charge in [0.2, 0.25) is 11.8 Å². The maximum absolute atomic E-state index is 12.9. The first-order valence-corrected chi connectivity index (χ1v) is 9.02. The molecule has 0 aromatic heterocycles. The van der Waals surface area contributed by atoms with Crippen molar-refractivity contribution in [2.45, 2.75) is 44.6 Å². The minimum atomic E-state index is -0.455. The summed E-state index contributed by atoms with van der Waals surface area (Å²) in [6, 6.07) is 9.48. The Hall–Kier alpha value is -2.10. The molecule has 3 rings (SSSR count). The third-order valence-corrected chi connectivity index (χ3v) is 4.95. The molecule has 2 amide bonds. The summed E-state index contributed by atoms with van der Waals surface area (Å²) in [7, 11) is 0. The molecular formula is C20H26N2O2. The van der Waals surface area contributed by atoms with E-state index in [4.69, 9.17) is 0 Å². The zero-order valence-corrected chi connectivity index (χ0v) is 14.1. The van der Waals surface area contributed by atoms with Gasteiger partial charge in [-0.2, -0.15) is 0 Å². The molecule has 0 radical (unpaired) electrons. The van der Waals surface area contributed by atoms with E-state index >= 15 is 0 Å². The molecule has 24 heavy (non-hydrogen) atoms. The van der Waals surface area contributed by atoms with Crippen LogP contribution in [0.2, 0.25) is 0 Å². The molecule has 1 aromatic rings. The second kappa shape index (κ2) is 8.13. The van der Waals surface area contributed by atoms with Crippen LogP contribution in [0, 0.1) is 5.92 Å². The van der Waals surface area contributed by atoms with Gasteiger partial charge in [-0.1, -0.05) is 42.5 Å². The molecule has 1 N–H and O–H groups in total. The smallest absolute Gasteiger partial charge is 0.245 e. The van der Waals surface area contributed by atoms with Crippen molar-refractivity contribution in [3.63, 3.8) is 0 Å². The molecule has 1 aromatic carbocycles. The van der Waals surface area contributed by atoms with Gasteiger partial charge in [-0.15, -0.1) is 0 Å².